The zero-order chi connectivity index (χ0) is 20.5. The molecule has 0 amide bonds. The molecule has 3 unspecified atom stereocenters. The molecule has 1 fully saturated rings. The van der Waals surface area contributed by atoms with Gasteiger partial charge in [0.1, 0.15) is 0 Å². The molecule has 148 valence electrons. The Morgan fingerprint density at radius 2 is 2.04 bits per heavy atom. The summed E-state index contributed by atoms with van der Waals surface area (Å²) in [5, 5.41) is 9.30. The van der Waals surface area contributed by atoms with Crippen LogP contribution in [0.2, 0.25) is 0 Å². The van der Waals surface area contributed by atoms with Crippen LogP contribution in [0.25, 0.3) is 0 Å². The lowest BCUT2D eigenvalue weighted by Gasteiger charge is -2.38. The lowest BCUT2D eigenvalue weighted by molar-refractivity contribution is -0.184. The third-order valence-corrected chi connectivity index (χ3v) is 5.42. The maximum Gasteiger partial charge on any atom is 0.391 e. The van der Waals surface area contributed by atoms with E-state index in [1.54, 1.807) is 36.4 Å². The quantitative estimate of drug-likeness (QED) is 0.654. The van der Waals surface area contributed by atoms with E-state index in [0.29, 0.717) is 17.7 Å². The molecule has 1 saturated carbocycles. The number of allylic oxidation sites excluding steroid dienone is 3. The zero-order valence-electron chi connectivity index (χ0n) is 15.3. The van der Waals surface area contributed by atoms with Gasteiger partial charge < -0.3 is 10.0 Å². The smallest absolute Gasteiger partial charge is 0.391 e. The highest BCUT2D eigenvalue weighted by molar-refractivity contribution is 5.89. The van der Waals surface area contributed by atoms with Gasteiger partial charge in [-0.15, -0.1) is 0 Å². The molecule has 1 aliphatic carbocycles. The highest BCUT2D eigenvalue weighted by atomic mass is 19.4. The van der Waals surface area contributed by atoms with E-state index in [1.165, 1.54) is 6.07 Å². The monoisotopic (exact) mass is 389 g/mol. The van der Waals surface area contributed by atoms with E-state index in [1.807, 2.05) is 11.0 Å². The standard InChI is InChI=1S/C22H22F3NO2/c1-3-4-6-14(2)20-13-16-11-17(22(23,24)25)9-10-19(16)26(20)18-8-5-7-15(12-18)21(27)28/h3-8,12-13,16-17,19H,1-2,9-11H2,(H,27,28). The molecule has 1 aromatic rings. The van der Waals surface area contributed by atoms with Gasteiger partial charge in [-0.25, -0.2) is 4.79 Å². The Morgan fingerprint density at radius 1 is 1.29 bits per heavy atom. The number of rotatable bonds is 5. The Balaban J connectivity index is 1.99. The molecule has 3 atom stereocenters. The number of hydrogen-bond acceptors (Lipinski definition) is 2. The van der Waals surface area contributed by atoms with Gasteiger partial charge in [0.05, 0.1) is 11.5 Å². The molecule has 0 aromatic heterocycles. The molecule has 2 aliphatic rings. The molecule has 1 aromatic carbocycles. The average Bonchev–Trinajstić information content (AvgIpc) is 3.04. The van der Waals surface area contributed by atoms with E-state index >= 15 is 0 Å². The van der Waals surface area contributed by atoms with Crippen molar-refractivity contribution in [3.05, 3.63) is 78.6 Å². The number of carbonyl (C=O) groups is 1. The van der Waals surface area contributed by atoms with Crippen molar-refractivity contribution < 1.29 is 23.1 Å². The lowest BCUT2D eigenvalue weighted by atomic mass is 9.78. The van der Waals surface area contributed by atoms with E-state index < -0.39 is 18.1 Å². The van der Waals surface area contributed by atoms with Crippen LogP contribution in [0.4, 0.5) is 18.9 Å². The number of carboxylic acid groups (broad SMARTS) is 1. The van der Waals surface area contributed by atoms with E-state index in [-0.39, 0.29) is 30.4 Å². The van der Waals surface area contributed by atoms with Crippen LogP contribution >= 0.6 is 0 Å². The molecule has 0 saturated heterocycles. The van der Waals surface area contributed by atoms with E-state index in [4.69, 9.17) is 0 Å². The summed E-state index contributed by atoms with van der Waals surface area (Å²) in [6.07, 6.45) is 3.21. The number of anilines is 1. The van der Waals surface area contributed by atoms with Gasteiger partial charge in [0, 0.05) is 23.3 Å². The summed E-state index contributed by atoms with van der Waals surface area (Å²) in [6, 6.07) is 6.33. The first-order chi connectivity index (χ1) is 13.2. The van der Waals surface area contributed by atoms with Crippen LogP contribution in [0.1, 0.15) is 29.6 Å². The minimum absolute atomic E-state index is 0.0330. The number of fused-ring (bicyclic) bond motifs is 1. The lowest BCUT2D eigenvalue weighted by Crippen LogP contribution is -2.41. The summed E-state index contributed by atoms with van der Waals surface area (Å²) < 4.78 is 39.7. The number of hydrogen-bond donors (Lipinski definition) is 1. The van der Waals surface area contributed by atoms with E-state index in [2.05, 4.69) is 13.2 Å². The van der Waals surface area contributed by atoms with Crippen LogP contribution in [0.15, 0.2) is 73.0 Å². The highest BCUT2D eigenvalue weighted by Crippen LogP contribution is 2.48. The third-order valence-electron chi connectivity index (χ3n) is 5.42. The molecule has 28 heavy (non-hydrogen) atoms. The van der Waals surface area contributed by atoms with Gasteiger partial charge in [-0.05, 0) is 43.0 Å². The van der Waals surface area contributed by atoms with Crippen LogP contribution in [0.5, 0.6) is 0 Å². The van der Waals surface area contributed by atoms with Crippen molar-refractivity contribution in [3.8, 4) is 0 Å². The molecular weight excluding hydrogens is 367 g/mol. The topological polar surface area (TPSA) is 40.5 Å². The molecule has 0 bridgehead atoms. The molecule has 1 N–H and O–H groups in total. The van der Waals surface area contributed by atoms with E-state index in [9.17, 15) is 23.1 Å². The fourth-order valence-corrected chi connectivity index (χ4v) is 4.10. The average molecular weight is 389 g/mol. The number of benzene rings is 1. The Kier molecular flexibility index (Phi) is 5.49. The Hall–Kier alpha value is -2.76. The molecule has 3 nitrogen and oxygen atoms in total. The summed E-state index contributed by atoms with van der Waals surface area (Å²) >= 11 is 0. The van der Waals surface area contributed by atoms with Crippen molar-refractivity contribution in [1.82, 2.24) is 0 Å². The molecule has 6 heteroatoms. The Labute approximate surface area is 162 Å². The molecule has 1 aliphatic heterocycles. The molecule has 1 heterocycles. The Bertz CT molecular complexity index is 854. The predicted molar refractivity (Wildman–Crippen MR) is 103 cm³/mol. The fourth-order valence-electron chi connectivity index (χ4n) is 4.10. The van der Waals surface area contributed by atoms with Gasteiger partial charge in [0.2, 0.25) is 0 Å². The summed E-state index contributed by atoms with van der Waals surface area (Å²) in [6.45, 7) is 7.68. The van der Waals surface area contributed by atoms with E-state index in [0.717, 1.165) is 5.70 Å². The summed E-state index contributed by atoms with van der Waals surface area (Å²) in [4.78, 5) is 13.3. The van der Waals surface area contributed by atoms with Crippen LogP contribution in [-0.2, 0) is 0 Å². The van der Waals surface area contributed by atoms with Gasteiger partial charge in [-0.3, -0.25) is 0 Å². The number of carboxylic acids is 1. The predicted octanol–water partition coefficient (Wildman–Crippen LogP) is 5.73. The first-order valence-corrected chi connectivity index (χ1v) is 9.12. The van der Waals surface area contributed by atoms with Gasteiger partial charge in [0.15, 0.2) is 0 Å². The summed E-state index contributed by atoms with van der Waals surface area (Å²) in [7, 11) is 0. The summed E-state index contributed by atoms with van der Waals surface area (Å²) in [5.41, 5.74) is 2.16. The van der Waals surface area contributed by atoms with Gasteiger partial charge in [-0.2, -0.15) is 13.2 Å². The SMILES string of the molecule is C=CC=CC(=C)C1=CC2CC(C(F)(F)F)CCC2N1c1cccc(C(=O)O)c1. The van der Waals surface area contributed by atoms with Crippen molar-refractivity contribution in [2.75, 3.05) is 4.90 Å². The second-order valence-corrected chi connectivity index (χ2v) is 7.18. The molecule has 0 radical (unpaired) electrons. The van der Waals surface area contributed by atoms with Crippen molar-refractivity contribution in [2.24, 2.45) is 11.8 Å². The third kappa shape index (κ3) is 3.91. The van der Waals surface area contributed by atoms with Crippen molar-refractivity contribution in [3.63, 3.8) is 0 Å². The first-order valence-electron chi connectivity index (χ1n) is 9.12. The second-order valence-electron chi connectivity index (χ2n) is 7.18. The van der Waals surface area contributed by atoms with Crippen molar-refractivity contribution >= 4 is 11.7 Å². The molecule has 0 spiro atoms. The second kappa shape index (κ2) is 7.70. The van der Waals surface area contributed by atoms with Crippen LogP contribution in [0, 0.1) is 11.8 Å². The molecule has 3 rings (SSSR count). The fraction of sp³-hybridized carbons (Fsp3) is 0.318. The molecular formula is C22H22F3NO2. The minimum Gasteiger partial charge on any atom is -0.478 e. The van der Waals surface area contributed by atoms with Gasteiger partial charge >= 0.3 is 12.1 Å². The van der Waals surface area contributed by atoms with Gasteiger partial charge in [-0.1, -0.05) is 43.5 Å². The zero-order valence-corrected chi connectivity index (χ0v) is 15.3. The maximum absolute atomic E-state index is 13.2. The minimum atomic E-state index is -4.20. The van der Waals surface area contributed by atoms with Crippen molar-refractivity contribution in [2.45, 2.75) is 31.5 Å². The Morgan fingerprint density at radius 3 is 2.68 bits per heavy atom. The maximum atomic E-state index is 13.2. The van der Waals surface area contributed by atoms with Crippen LogP contribution < -0.4 is 4.90 Å². The summed E-state index contributed by atoms with van der Waals surface area (Å²) in [5.74, 6) is -2.62. The number of nitrogens with zero attached hydrogens (tertiary/aromatic N) is 1. The number of alkyl halides is 3. The highest BCUT2D eigenvalue weighted by Gasteiger charge is 2.48. The first kappa shape index (κ1) is 20.0. The number of aromatic carboxylic acids is 1. The normalized spacial score (nSPS) is 24.8. The van der Waals surface area contributed by atoms with Crippen LogP contribution in [-0.4, -0.2) is 23.3 Å². The largest absolute Gasteiger partial charge is 0.478 e. The van der Waals surface area contributed by atoms with Crippen LogP contribution in [0.3, 0.4) is 0 Å². The van der Waals surface area contributed by atoms with Crippen molar-refractivity contribution in [1.29, 1.82) is 0 Å². The van der Waals surface area contributed by atoms with Gasteiger partial charge in [0.25, 0.3) is 0 Å². The number of halogens is 3.